The van der Waals surface area contributed by atoms with E-state index >= 15 is 0 Å². The minimum absolute atomic E-state index is 0.717. The Hall–Kier alpha value is -1.54. The van der Waals surface area contributed by atoms with Gasteiger partial charge in [0, 0.05) is 11.6 Å². The number of furan rings is 1. The molecule has 1 aromatic carbocycles. The van der Waals surface area contributed by atoms with E-state index in [-0.39, 0.29) is 0 Å². The zero-order valence-corrected chi connectivity index (χ0v) is 11.8. The first-order valence-electron chi connectivity index (χ1n) is 7.81. The molecule has 2 fully saturated rings. The Morgan fingerprint density at radius 3 is 2.60 bits per heavy atom. The number of rotatable bonds is 5. The largest absolute Gasteiger partial charge is 0.467 e. The van der Waals surface area contributed by atoms with Crippen LogP contribution < -0.4 is 5.32 Å². The van der Waals surface area contributed by atoms with Crippen molar-refractivity contribution in [3.8, 4) is 11.1 Å². The molecule has 2 saturated carbocycles. The van der Waals surface area contributed by atoms with Crippen LogP contribution in [0.1, 0.15) is 49.3 Å². The van der Waals surface area contributed by atoms with Crippen LogP contribution in [-0.4, -0.2) is 6.04 Å². The highest BCUT2D eigenvalue weighted by molar-refractivity contribution is 5.70. The van der Waals surface area contributed by atoms with Gasteiger partial charge in [0.25, 0.3) is 0 Å². The van der Waals surface area contributed by atoms with Crippen molar-refractivity contribution >= 4 is 0 Å². The lowest BCUT2D eigenvalue weighted by Gasteiger charge is -2.28. The Balaban J connectivity index is 1.64. The van der Waals surface area contributed by atoms with Gasteiger partial charge in [0.1, 0.15) is 5.76 Å². The second-order valence-corrected chi connectivity index (χ2v) is 6.13. The van der Waals surface area contributed by atoms with Crippen molar-refractivity contribution in [3.05, 3.63) is 47.9 Å². The van der Waals surface area contributed by atoms with Gasteiger partial charge in [-0.1, -0.05) is 30.7 Å². The minimum Gasteiger partial charge on any atom is -0.467 e. The molecule has 2 aromatic rings. The maximum atomic E-state index is 5.72. The molecule has 2 aliphatic rings. The Bertz CT molecular complexity index is 593. The molecule has 0 bridgehead atoms. The smallest absolute Gasteiger partial charge is 0.125 e. The van der Waals surface area contributed by atoms with E-state index < -0.39 is 0 Å². The summed E-state index contributed by atoms with van der Waals surface area (Å²) in [4.78, 5) is 0. The second-order valence-electron chi connectivity index (χ2n) is 6.13. The number of benzene rings is 1. The van der Waals surface area contributed by atoms with Gasteiger partial charge in [0.15, 0.2) is 0 Å². The van der Waals surface area contributed by atoms with E-state index in [9.17, 15) is 0 Å². The Morgan fingerprint density at radius 2 is 1.85 bits per heavy atom. The lowest BCUT2D eigenvalue weighted by atomic mass is 9.77. The molecular formula is C18H21NO. The Kier molecular flexibility index (Phi) is 3.12. The molecule has 0 aliphatic heterocycles. The lowest BCUT2D eigenvalue weighted by molar-refractivity contribution is 0.420. The van der Waals surface area contributed by atoms with Crippen molar-refractivity contribution < 1.29 is 4.42 Å². The van der Waals surface area contributed by atoms with Crippen molar-refractivity contribution in [2.24, 2.45) is 0 Å². The molecular weight excluding hydrogens is 246 g/mol. The molecule has 0 saturated heterocycles. The molecule has 1 aromatic heterocycles. The number of hydrogen-bond donors (Lipinski definition) is 1. The van der Waals surface area contributed by atoms with Crippen LogP contribution in [0, 0.1) is 0 Å². The fourth-order valence-corrected chi connectivity index (χ4v) is 3.06. The second kappa shape index (κ2) is 5.10. The monoisotopic (exact) mass is 267 g/mol. The molecule has 0 unspecified atom stereocenters. The van der Waals surface area contributed by atoms with E-state index in [4.69, 9.17) is 4.42 Å². The number of nitrogens with one attached hydrogen (secondary N) is 1. The summed E-state index contributed by atoms with van der Waals surface area (Å²) in [6, 6.07) is 11.7. The summed E-state index contributed by atoms with van der Waals surface area (Å²) in [7, 11) is 0. The summed E-state index contributed by atoms with van der Waals surface area (Å²) < 4.78 is 5.72. The van der Waals surface area contributed by atoms with Gasteiger partial charge < -0.3 is 9.73 Å². The molecule has 1 heterocycles. The average molecular weight is 267 g/mol. The van der Waals surface area contributed by atoms with Crippen LogP contribution >= 0.6 is 0 Å². The van der Waals surface area contributed by atoms with Crippen LogP contribution in [0.5, 0.6) is 0 Å². The van der Waals surface area contributed by atoms with Crippen LogP contribution in [0.4, 0.5) is 0 Å². The van der Waals surface area contributed by atoms with Crippen molar-refractivity contribution in [1.82, 2.24) is 5.32 Å². The maximum Gasteiger partial charge on any atom is 0.125 e. The standard InChI is InChI=1S/C18H21NO/c1-2-7-16(15(6-1)13-4-3-5-13)17-10-11-20-18(17)12-19-14-8-9-14/h1-2,6-7,10-11,13-14,19H,3-5,8-9,12H2. The predicted molar refractivity (Wildman–Crippen MR) is 80.6 cm³/mol. The van der Waals surface area contributed by atoms with Crippen molar-refractivity contribution in [3.63, 3.8) is 0 Å². The van der Waals surface area contributed by atoms with Crippen LogP contribution in [0.15, 0.2) is 41.0 Å². The van der Waals surface area contributed by atoms with Crippen LogP contribution in [0.25, 0.3) is 11.1 Å². The molecule has 0 atom stereocenters. The maximum absolute atomic E-state index is 5.72. The zero-order valence-electron chi connectivity index (χ0n) is 11.8. The molecule has 0 amide bonds. The summed E-state index contributed by atoms with van der Waals surface area (Å²) in [6.07, 6.45) is 8.51. The van der Waals surface area contributed by atoms with E-state index in [2.05, 4.69) is 35.6 Å². The summed E-state index contributed by atoms with van der Waals surface area (Å²) in [5.41, 5.74) is 4.16. The molecule has 20 heavy (non-hydrogen) atoms. The summed E-state index contributed by atoms with van der Waals surface area (Å²) >= 11 is 0. The van der Waals surface area contributed by atoms with Crippen molar-refractivity contribution in [2.45, 2.75) is 50.6 Å². The van der Waals surface area contributed by atoms with Gasteiger partial charge >= 0.3 is 0 Å². The quantitative estimate of drug-likeness (QED) is 0.865. The van der Waals surface area contributed by atoms with Crippen LogP contribution in [-0.2, 0) is 6.54 Å². The van der Waals surface area contributed by atoms with E-state index in [0.29, 0.717) is 0 Å². The summed E-state index contributed by atoms with van der Waals surface area (Å²) in [5.74, 6) is 1.84. The first-order valence-corrected chi connectivity index (χ1v) is 7.81. The fraction of sp³-hybridized carbons (Fsp3) is 0.444. The van der Waals surface area contributed by atoms with Crippen molar-refractivity contribution in [1.29, 1.82) is 0 Å². The normalized spacial score (nSPS) is 19.0. The van der Waals surface area contributed by atoms with Gasteiger partial charge in [-0.3, -0.25) is 0 Å². The van der Waals surface area contributed by atoms with E-state index in [1.807, 2.05) is 6.26 Å². The summed E-state index contributed by atoms with van der Waals surface area (Å²) in [5, 5.41) is 3.55. The minimum atomic E-state index is 0.717. The van der Waals surface area contributed by atoms with E-state index in [0.717, 1.165) is 24.3 Å². The summed E-state index contributed by atoms with van der Waals surface area (Å²) in [6.45, 7) is 0.853. The Morgan fingerprint density at radius 1 is 1.00 bits per heavy atom. The predicted octanol–water partition coefficient (Wildman–Crippen LogP) is 4.47. The van der Waals surface area contributed by atoms with Gasteiger partial charge in [-0.15, -0.1) is 0 Å². The third kappa shape index (κ3) is 2.29. The highest BCUT2D eigenvalue weighted by Crippen LogP contribution is 2.42. The fourth-order valence-electron chi connectivity index (χ4n) is 3.06. The van der Waals surface area contributed by atoms with Gasteiger partial charge in [-0.2, -0.15) is 0 Å². The molecule has 0 radical (unpaired) electrons. The van der Waals surface area contributed by atoms with Crippen molar-refractivity contribution in [2.75, 3.05) is 0 Å². The van der Waals surface area contributed by atoms with Gasteiger partial charge in [0.2, 0.25) is 0 Å². The average Bonchev–Trinajstić information content (AvgIpc) is 3.13. The number of hydrogen-bond acceptors (Lipinski definition) is 2. The van der Waals surface area contributed by atoms with Crippen LogP contribution in [0.3, 0.4) is 0 Å². The van der Waals surface area contributed by atoms with E-state index in [1.165, 1.54) is 48.8 Å². The zero-order chi connectivity index (χ0) is 13.4. The highest BCUT2D eigenvalue weighted by Gasteiger charge is 2.25. The SMILES string of the molecule is c1ccc(C2CCC2)c(-c2ccoc2CNC2CC2)c1. The molecule has 104 valence electrons. The highest BCUT2D eigenvalue weighted by atomic mass is 16.3. The molecule has 2 heteroatoms. The topological polar surface area (TPSA) is 25.2 Å². The third-order valence-corrected chi connectivity index (χ3v) is 4.67. The third-order valence-electron chi connectivity index (χ3n) is 4.67. The molecule has 4 rings (SSSR count). The lowest BCUT2D eigenvalue weighted by Crippen LogP contribution is -2.15. The van der Waals surface area contributed by atoms with Gasteiger partial charge in [-0.25, -0.2) is 0 Å². The van der Waals surface area contributed by atoms with Gasteiger partial charge in [-0.05, 0) is 48.8 Å². The Labute approximate surface area is 120 Å². The van der Waals surface area contributed by atoms with Gasteiger partial charge in [0.05, 0.1) is 12.8 Å². The van der Waals surface area contributed by atoms with Crippen LogP contribution in [0.2, 0.25) is 0 Å². The molecule has 2 nitrogen and oxygen atoms in total. The first kappa shape index (κ1) is 12.2. The van der Waals surface area contributed by atoms with E-state index in [1.54, 1.807) is 0 Å². The first-order chi connectivity index (χ1) is 9.92. The molecule has 1 N–H and O–H groups in total. The molecule has 2 aliphatic carbocycles. The molecule has 0 spiro atoms.